The molecule has 10 nitrogen and oxygen atoms in total. The van der Waals surface area contributed by atoms with Gasteiger partial charge in [0.15, 0.2) is 11.5 Å². The zero-order valence-electron chi connectivity index (χ0n) is 31.0. The molecule has 2 heterocycles. The summed E-state index contributed by atoms with van der Waals surface area (Å²) in [7, 11) is 11.2. The van der Waals surface area contributed by atoms with Crippen molar-refractivity contribution in [3.63, 3.8) is 0 Å². The lowest BCUT2D eigenvalue weighted by atomic mass is 9.86. The molecule has 0 amide bonds. The second-order valence-electron chi connectivity index (χ2n) is 14.3. The van der Waals surface area contributed by atoms with Crippen molar-refractivity contribution in [3.8, 4) is 23.0 Å². The van der Waals surface area contributed by atoms with Crippen molar-refractivity contribution in [2.45, 2.75) is 38.3 Å². The molecule has 0 bridgehead atoms. The summed E-state index contributed by atoms with van der Waals surface area (Å²) in [5.41, 5.74) is 4.98. The van der Waals surface area contributed by atoms with Crippen molar-refractivity contribution in [2.75, 3.05) is 81.9 Å². The van der Waals surface area contributed by atoms with Crippen molar-refractivity contribution in [1.82, 2.24) is 0 Å². The number of esters is 2. The quantitative estimate of drug-likeness (QED) is 0.0813. The fourth-order valence-corrected chi connectivity index (χ4v) is 7.70. The SMILES string of the molecule is COc1ccc(CC2c3cc(OC)c(OC)cc3CC[N+]2(C)CCCOC(=O)C=CC(=O)OCC2CC[N+](C)(Cc3ccc(OC)cc3)C2)cc1. The van der Waals surface area contributed by atoms with E-state index in [1.165, 1.54) is 34.4 Å². The summed E-state index contributed by atoms with van der Waals surface area (Å²) in [6, 6.07) is 20.8. The second-order valence-corrected chi connectivity index (χ2v) is 14.3. The number of likely N-dealkylation sites (tertiary alicyclic amines) is 1. The lowest BCUT2D eigenvalue weighted by Gasteiger charge is -2.46. The van der Waals surface area contributed by atoms with E-state index < -0.39 is 11.9 Å². The first kappa shape index (κ1) is 37.7. The number of fused-ring (bicyclic) bond motifs is 1. The molecule has 274 valence electrons. The van der Waals surface area contributed by atoms with Crippen LogP contribution >= 0.6 is 0 Å². The van der Waals surface area contributed by atoms with E-state index in [9.17, 15) is 9.59 Å². The number of methoxy groups -OCH3 is 4. The number of hydrogen-bond donors (Lipinski definition) is 0. The normalized spacial score (nSPS) is 22.6. The van der Waals surface area contributed by atoms with Gasteiger partial charge in [-0.15, -0.1) is 0 Å². The number of quaternary nitrogens is 2. The van der Waals surface area contributed by atoms with Gasteiger partial charge in [0.1, 0.15) is 30.7 Å². The molecule has 0 aliphatic carbocycles. The summed E-state index contributed by atoms with van der Waals surface area (Å²) in [6.07, 6.45) is 5.73. The molecule has 10 heteroatoms. The summed E-state index contributed by atoms with van der Waals surface area (Å²) in [4.78, 5) is 25.0. The van der Waals surface area contributed by atoms with Gasteiger partial charge in [0.25, 0.3) is 0 Å². The first-order chi connectivity index (χ1) is 24.6. The summed E-state index contributed by atoms with van der Waals surface area (Å²) in [6.45, 7) is 5.20. The van der Waals surface area contributed by atoms with Crippen LogP contribution in [0.4, 0.5) is 0 Å². The highest BCUT2D eigenvalue weighted by atomic mass is 16.5. The number of carbonyl (C=O) groups excluding carboxylic acids is 2. The highest BCUT2D eigenvalue weighted by Gasteiger charge is 2.40. The number of benzene rings is 3. The number of ether oxygens (including phenoxy) is 6. The summed E-state index contributed by atoms with van der Waals surface area (Å²) in [5, 5.41) is 0. The number of likely N-dealkylation sites (N-methyl/N-ethyl adjacent to an activating group) is 1. The fourth-order valence-electron chi connectivity index (χ4n) is 7.70. The Hall–Kier alpha value is -4.54. The second kappa shape index (κ2) is 17.1. The Morgan fingerprint density at radius 3 is 2.00 bits per heavy atom. The maximum Gasteiger partial charge on any atom is 0.331 e. The molecule has 51 heavy (non-hydrogen) atoms. The van der Waals surface area contributed by atoms with Crippen LogP contribution in [0.25, 0.3) is 0 Å². The highest BCUT2D eigenvalue weighted by Crippen LogP contribution is 2.42. The topological polar surface area (TPSA) is 89.5 Å². The molecule has 3 aromatic rings. The van der Waals surface area contributed by atoms with E-state index in [-0.39, 0.29) is 18.6 Å². The van der Waals surface area contributed by atoms with Crippen molar-refractivity contribution < 1.29 is 47.0 Å². The van der Waals surface area contributed by atoms with E-state index in [0.717, 1.165) is 78.2 Å². The molecule has 0 aromatic heterocycles. The summed E-state index contributed by atoms with van der Waals surface area (Å²) >= 11 is 0. The van der Waals surface area contributed by atoms with Gasteiger partial charge in [-0.3, -0.25) is 0 Å². The molecular weight excluding hydrogens is 648 g/mol. The predicted octanol–water partition coefficient (Wildman–Crippen LogP) is 5.71. The van der Waals surface area contributed by atoms with E-state index in [1.54, 1.807) is 28.4 Å². The lowest BCUT2D eigenvalue weighted by Crippen LogP contribution is -2.52. The van der Waals surface area contributed by atoms with Gasteiger partial charge in [-0.2, -0.15) is 0 Å². The van der Waals surface area contributed by atoms with E-state index >= 15 is 0 Å². The third-order valence-electron chi connectivity index (χ3n) is 10.6. The highest BCUT2D eigenvalue weighted by molar-refractivity contribution is 5.91. The van der Waals surface area contributed by atoms with Crippen LogP contribution in [-0.4, -0.2) is 103 Å². The molecule has 2 aliphatic rings. The van der Waals surface area contributed by atoms with Crippen molar-refractivity contribution in [3.05, 3.63) is 95.1 Å². The van der Waals surface area contributed by atoms with Crippen LogP contribution in [0.3, 0.4) is 0 Å². The van der Waals surface area contributed by atoms with Gasteiger partial charge in [-0.1, -0.05) is 12.1 Å². The molecule has 0 saturated carbocycles. The molecule has 4 unspecified atom stereocenters. The Bertz CT molecular complexity index is 1660. The molecule has 1 fully saturated rings. The molecule has 0 spiro atoms. The minimum absolute atomic E-state index is 0.159. The predicted molar refractivity (Wildman–Crippen MR) is 195 cm³/mol. The van der Waals surface area contributed by atoms with E-state index in [0.29, 0.717) is 18.8 Å². The largest absolute Gasteiger partial charge is 0.497 e. The van der Waals surface area contributed by atoms with E-state index in [1.807, 2.05) is 24.3 Å². The Balaban J connectivity index is 1.10. The van der Waals surface area contributed by atoms with Crippen molar-refractivity contribution in [2.24, 2.45) is 5.92 Å². The Morgan fingerprint density at radius 2 is 1.37 bits per heavy atom. The standard InChI is InChI=1S/C41H54N2O8/c1-42(27-31-10-14-35(47-4)15-11-31)21-18-32(28-42)29-51-41(45)17-16-40(44)50-23-7-20-43(2)22-19-33-25-38(48-5)39(49-6)26-36(33)37(43)24-30-8-12-34(46-3)13-9-30/h8-17,25-26,32,37H,7,18-24,27-29H2,1-6H3/q+2. The summed E-state index contributed by atoms with van der Waals surface area (Å²) < 4.78 is 34.7. The van der Waals surface area contributed by atoms with Gasteiger partial charge in [0.2, 0.25) is 0 Å². The molecule has 0 radical (unpaired) electrons. The zero-order valence-corrected chi connectivity index (χ0v) is 31.0. The van der Waals surface area contributed by atoms with Crippen LogP contribution in [0, 0.1) is 5.92 Å². The molecule has 5 rings (SSSR count). The van der Waals surface area contributed by atoms with Crippen molar-refractivity contribution >= 4 is 11.9 Å². The molecule has 2 aliphatic heterocycles. The third-order valence-corrected chi connectivity index (χ3v) is 10.6. The molecule has 1 saturated heterocycles. The van der Waals surface area contributed by atoms with Crippen molar-refractivity contribution in [1.29, 1.82) is 0 Å². The lowest BCUT2D eigenvalue weighted by molar-refractivity contribution is -0.941. The average molecular weight is 703 g/mol. The van der Waals surface area contributed by atoms with Gasteiger partial charge in [0.05, 0.1) is 75.3 Å². The van der Waals surface area contributed by atoms with Crippen LogP contribution in [-0.2, 0) is 38.4 Å². The van der Waals surface area contributed by atoms with Crippen LogP contribution in [0.5, 0.6) is 23.0 Å². The third kappa shape index (κ3) is 9.83. The van der Waals surface area contributed by atoms with E-state index in [4.69, 9.17) is 28.4 Å². The number of carbonyl (C=O) groups is 2. The Labute approximate surface area is 302 Å². The summed E-state index contributed by atoms with van der Waals surface area (Å²) in [5.74, 6) is 2.34. The minimum Gasteiger partial charge on any atom is -0.497 e. The zero-order chi connectivity index (χ0) is 36.4. The van der Waals surface area contributed by atoms with Gasteiger partial charge in [0, 0.05) is 54.9 Å². The molecule has 3 aromatic carbocycles. The average Bonchev–Trinajstić information content (AvgIpc) is 3.52. The molecule has 0 N–H and O–H groups in total. The monoisotopic (exact) mass is 702 g/mol. The maximum atomic E-state index is 12.5. The number of nitrogens with zero attached hydrogens (tertiary/aromatic N) is 2. The Morgan fingerprint density at radius 1 is 0.765 bits per heavy atom. The smallest absolute Gasteiger partial charge is 0.331 e. The van der Waals surface area contributed by atoms with Crippen LogP contribution in [0.15, 0.2) is 72.8 Å². The van der Waals surface area contributed by atoms with Gasteiger partial charge < -0.3 is 37.4 Å². The minimum atomic E-state index is -0.546. The van der Waals surface area contributed by atoms with E-state index in [2.05, 4.69) is 50.5 Å². The Kier molecular flexibility index (Phi) is 12.7. The van der Waals surface area contributed by atoms with Crippen LogP contribution in [0.2, 0.25) is 0 Å². The number of hydrogen-bond acceptors (Lipinski definition) is 8. The number of rotatable bonds is 16. The first-order valence-corrected chi connectivity index (χ1v) is 17.8. The van der Waals surface area contributed by atoms with Gasteiger partial charge in [-0.25, -0.2) is 9.59 Å². The maximum absolute atomic E-state index is 12.5. The van der Waals surface area contributed by atoms with Gasteiger partial charge >= 0.3 is 11.9 Å². The molecular formula is C41H54N2O8+2. The van der Waals surface area contributed by atoms with Crippen LogP contribution in [0.1, 0.15) is 41.1 Å². The first-order valence-electron chi connectivity index (χ1n) is 17.8. The van der Waals surface area contributed by atoms with Crippen LogP contribution < -0.4 is 18.9 Å². The van der Waals surface area contributed by atoms with Gasteiger partial charge in [-0.05, 0) is 59.7 Å². The molecule has 4 atom stereocenters. The fraction of sp³-hybridized carbons (Fsp3) is 0.463.